The number of rotatable bonds is 8. The number of nitrogens with zero attached hydrogens (tertiary/aromatic N) is 3. The summed E-state index contributed by atoms with van der Waals surface area (Å²) in [6.07, 6.45) is 3.84. The quantitative estimate of drug-likeness (QED) is 0.201. The molecule has 2 rings (SSSR count). The predicted molar refractivity (Wildman–Crippen MR) is 113 cm³/mol. The van der Waals surface area contributed by atoms with E-state index in [1.807, 2.05) is 0 Å². The Hall–Kier alpha value is -2.05. The molecule has 0 saturated heterocycles. The van der Waals surface area contributed by atoms with Gasteiger partial charge in [0.2, 0.25) is 5.84 Å². The zero-order valence-electron chi connectivity index (χ0n) is 16.3. The van der Waals surface area contributed by atoms with Crippen LogP contribution in [0.2, 0.25) is 5.02 Å². The van der Waals surface area contributed by atoms with Gasteiger partial charge in [-0.3, -0.25) is 0 Å². The highest BCUT2D eigenvalue weighted by atomic mass is 35.5. The summed E-state index contributed by atoms with van der Waals surface area (Å²) in [5.74, 6) is 1.05. The van der Waals surface area contributed by atoms with E-state index in [1.54, 1.807) is 42.7 Å². The minimum atomic E-state index is 0.292. The van der Waals surface area contributed by atoms with Crippen molar-refractivity contribution in [2.75, 3.05) is 13.7 Å². The zero-order chi connectivity index (χ0) is 19.8. The van der Waals surface area contributed by atoms with E-state index in [0.29, 0.717) is 28.8 Å². The van der Waals surface area contributed by atoms with Gasteiger partial charge in [-0.1, -0.05) is 42.8 Å². The van der Waals surface area contributed by atoms with Crippen molar-refractivity contribution in [2.45, 2.75) is 40.2 Å². The molecule has 1 aromatic heterocycles. The molecule has 1 aromatic carbocycles. The van der Waals surface area contributed by atoms with Gasteiger partial charge in [-0.25, -0.2) is 0 Å². The Kier molecular flexibility index (Phi) is 8.13. The van der Waals surface area contributed by atoms with Crippen LogP contribution in [-0.2, 0) is 11.4 Å². The molecule has 0 aliphatic heterocycles. The van der Waals surface area contributed by atoms with Gasteiger partial charge >= 0.3 is 0 Å². The van der Waals surface area contributed by atoms with Gasteiger partial charge in [0.05, 0.1) is 12.7 Å². The second-order valence-electron chi connectivity index (χ2n) is 5.99. The molecule has 0 N–H and O–H groups in total. The van der Waals surface area contributed by atoms with Crippen molar-refractivity contribution in [1.29, 1.82) is 0 Å². The molecule has 0 radical (unpaired) electrons. The molecular formula is C20H26ClN3O2S. The third-order valence-electron chi connectivity index (χ3n) is 4.07. The molecule has 0 bridgehead atoms. The Balaban J connectivity index is 2.62. The van der Waals surface area contributed by atoms with Crippen LogP contribution in [0.25, 0.3) is 0 Å². The lowest BCUT2D eigenvalue weighted by molar-refractivity contribution is 0.174. The van der Waals surface area contributed by atoms with E-state index in [-0.39, 0.29) is 0 Å². The van der Waals surface area contributed by atoms with Crippen molar-refractivity contribution >= 4 is 28.8 Å². The molecule has 0 aliphatic carbocycles. The molecule has 0 unspecified atom stereocenters. The first-order valence-corrected chi connectivity index (χ1v) is 10.1. The molecule has 146 valence electrons. The number of halogens is 1. The van der Waals surface area contributed by atoms with Crippen LogP contribution in [0.15, 0.2) is 41.0 Å². The fraction of sp³-hybridized carbons (Fsp3) is 0.400. The number of aromatic nitrogens is 1. The summed E-state index contributed by atoms with van der Waals surface area (Å²) in [6, 6.07) is 5.35. The van der Waals surface area contributed by atoms with Crippen molar-refractivity contribution in [3.05, 3.63) is 56.8 Å². The summed E-state index contributed by atoms with van der Waals surface area (Å²) in [7, 11) is 1.61. The smallest absolute Gasteiger partial charge is 0.205 e. The second-order valence-corrected chi connectivity index (χ2v) is 7.61. The first kappa shape index (κ1) is 21.3. The van der Waals surface area contributed by atoms with Crippen LogP contribution in [-0.4, -0.2) is 24.1 Å². The third kappa shape index (κ3) is 5.47. The summed E-state index contributed by atoms with van der Waals surface area (Å²) in [5, 5.41) is 4.80. The third-order valence-corrected chi connectivity index (χ3v) is 5.40. The lowest BCUT2D eigenvalue weighted by Gasteiger charge is -2.09. The van der Waals surface area contributed by atoms with Gasteiger partial charge in [0, 0.05) is 22.1 Å². The summed E-state index contributed by atoms with van der Waals surface area (Å²) in [4.78, 5) is 12.3. The number of amidine groups is 1. The number of hydrogen-bond donors (Lipinski definition) is 0. The molecule has 0 amide bonds. The Morgan fingerprint density at radius 1 is 1.37 bits per heavy atom. The van der Waals surface area contributed by atoms with E-state index in [2.05, 4.69) is 37.1 Å². The summed E-state index contributed by atoms with van der Waals surface area (Å²) in [6.45, 7) is 11.3. The van der Waals surface area contributed by atoms with E-state index in [4.69, 9.17) is 26.2 Å². The average molecular weight is 408 g/mol. The van der Waals surface area contributed by atoms with Crippen molar-refractivity contribution in [3.63, 3.8) is 0 Å². The minimum Gasteiger partial charge on any atom is -0.496 e. The monoisotopic (exact) mass is 407 g/mol. The largest absolute Gasteiger partial charge is 0.496 e. The molecule has 0 atom stereocenters. The van der Waals surface area contributed by atoms with E-state index >= 15 is 0 Å². The highest BCUT2D eigenvalue weighted by Gasteiger charge is 2.14. The normalized spacial score (nSPS) is 12.3. The fourth-order valence-electron chi connectivity index (χ4n) is 2.49. The van der Waals surface area contributed by atoms with Crippen LogP contribution < -0.4 is 9.54 Å². The lowest BCUT2D eigenvalue weighted by Crippen LogP contribution is -2.19. The molecule has 0 spiro atoms. The Morgan fingerprint density at radius 2 is 2.15 bits per heavy atom. The Bertz CT molecular complexity index is 884. The Labute approximate surface area is 169 Å². The summed E-state index contributed by atoms with van der Waals surface area (Å²) < 4.78 is 7.70. The molecule has 0 saturated carbocycles. The molecule has 27 heavy (non-hydrogen) atoms. The van der Waals surface area contributed by atoms with Crippen LogP contribution >= 0.6 is 22.9 Å². The number of methoxy groups -OCH3 is 1. The topological polar surface area (TPSA) is 48.1 Å². The molecule has 1 heterocycles. The first-order chi connectivity index (χ1) is 13.0. The maximum absolute atomic E-state index is 6.20. The van der Waals surface area contributed by atoms with Gasteiger partial charge in [-0.05, 0) is 38.5 Å². The molecule has 0 aliphatic rings. The summed E-state index contributed by atoms with van der Waals surface area (Å²) >= 11 is 7.84. The molecular weight excluding hydrogens is 382 g/mol. The highest BCUT2D eigenvalue weighted by molar-refractivity contribution is 7.09. The number of unbranched alkanes of at least 4 members (excludes halogenated alkanes) is 1. The maximum atomic E-state index is 6.20. The van der Waals surface area contributed by atoms with Crippen molar-refractivity contribution in [3.8, 4) is 5.75 Å². The Morgan fingerprint density at radius 3 is 2.81 bits per heavy atom. The second kappa shape index (κ2) is 10.3. The number of oxime groups is 1. The number of benzene rings is 1. The number of aryl methyl sites for hydroxylation is 1. The highest BCUT2D eigenvalue weighted by Crippen LogP contribution is 2.24. The standard InChI is InChI=1S/C20H26ClN3O2S/c1-6-8-11-24-14(3)15(4)27-20(24)22-19(23-26-12-7-2)17-13-16(21)9-10-18(17)25-5/h7,9-10,13H,2,6,8,11-12H2,1,3-5H3/b22-20-,23-19?. The average Bonchev–Trinajstić information content (AvgIpc) is 2.92. The van der Waals surface area contributed by atoms with Gasteiger partial charge in [0.15, 0.2) is 4.80 Å². The van der Waals surface area contributed by atoms with Gasteiger partial charge < -0.3 is 14.1 Å². The van der Waals surface area contributed by atoms with Crippen LogP contribution in [0.1, 0.15) is 35.9 Å². The van der Waals surface area contributed by atoms with E-state index in [9.17, 15) is 0 Å². The molecule has 2 aromatic rings. The van der Waals surface area contributed by atoms with Crippen LogP contribution in [0.3, 0.4) is 0 Å². The maximum Gasteiger partial charge on any atom is 0.205 e. The van der Waals surface area contributed by atoms with Crippen LogP contribution in [0.4, 0.5) is 0 Å². The number of thiazole rings is 1. The van der Waals surface area contributed by atoms with Gasteiger partial charge in [0.1, 0.15) is 12.4 Å². The minimum absolute atomic E-state index is 0.292. The molecule has 0 fully saturated rings. The van der Waals surface area contributed by atoms with E-state index in [1.165, 1.54) is 10.6 Å². The molecule has 7 heteroatoms. The first-order valence-electron chi connectivity index (χ1n) is 8.88. The van der Waals surface area contributed by atoms with E-state index in [0.717, 1.165) is 24.2 Å². The fourth-order valence-corrected chi connectivity index (χ4v) is 3.66. The lowest BCUT2D eigenvalue weighted by atomic mass is 10.2. The van der Waals surface area contributed by atoms with Crippen molar-refractivity contribution in [2.24, 2.45) is 10.1 Å². The zero-order valence-corrected chi connectivity index (χ0v) is 17.9. The van der Waals surface area contributed by atoms with Gasteiger partial charge in [-0.2, -0.15) is 4.99 Å². The van der Waals surface area contributed by atoms with Gasteiger partial charge in [0.25, 0.3) is 0 Å². The van der Waals surface area contributed by atoms with Crippen LogP contribution in [0.5, 0.6) is 5.75 Å². The number of ether oxygens (including phenoxy) is 1. The molecule has 5 nitrogen and oxygen atoms in total. The van der Waals surface area contributed by atoms with Gasteiger partial charge in [-0.15, -0.1) is 11.3 Å². The van der Waals surface area contributed by atoms with Crippen LogP contribution in [0, 0.1) is 13.8 Å². The summed E-state index contributed by atoms with van der Waals surface area (Å²) in [5.41, 5.74) is 1.90. The van der Waals surface area contributed by atoms with E-state index < -0.39 is 0 Å². The number of hydrogen-bond acceptors (Lipinski definition) is 4. The SMILES string of the molecule is C=CCON=C(/N=c1\sc(C)c(C)n1CCCC)c1cc(Cl)ccc1OC. The predicted octanol–water partition coefficient (Wildman–Crippen LogP) is 5.09. The van der Waals surface area contributed by atoms with Crippen molar-refractivity contribution < 1.29 is 9.57 Å². The van der Waals surface area contributed by atoms with Crippen molar-refractivity contribution in [1.82, 2.24) is 4.57 Å².